The summed E-state index contributed by atoms with van der Waals surface area (Å²) in [4.78, 5) is 19.0. The number of aryl methyl sites for hydroxylation is 2. The maximum atomic E-state index is 12.9. The van der Waals surface area contributed by atoms with Crippen LogP contribution in [0.5, 0.6) is 5.75 Å². The highest BCUT2D eigenvalue weighted by Crippen LogP contribution is 2.31. The number of methoxy groups -OCH3 is 1. The minimum absolute atomic E-state index is 0.0998. The molecular formula is C17H21N3O3. The molecule has 1 aliphatic rings. The van der Waals surface area contributed by atoms with Crippen molar-refractivity contribution >= 4 is 5.91 Å². The van der Waals surface area contributed by atoms with Gasteiger partial charge in [0, 0.05) is 32.1 Å². The molecule has 1 saturated heterocycles. The standard InChI is InChI=1S/C17H21N3O3/c1-11-16(23-12(2)19-11)17(21)20-9-8-18-10-14(20)13-6-4-5-7-15(13)22-3/h4-7,14,18H,8-10H2,1-3H3. The largest absolute Gasteiger partial charge is 0.496 e. The molecule has 1 atom stereocenters. The zero-order chi connectivity index (χ0) is 16.4. The van der Waals surface area contributed by atoms with E-state index in [9.17, 15) is 4.79 Å². The third-order valence-electron chi connectivity index (χ3n) is 4.10. The Bertz CT molecular complexity index is 711. The summed E-state index contributed by atoms with van der Waals surface area (Å²) < 4.78 is 11.0. The summed E-state index contributed by atoms with van der Waals surface area (Å²) in [7, 11) is 1.64. The highest BCUT2D eigenvalue weighted by atomic mass is 16.5. The molecule has 6 nitrogen and oxygen atoms in total. The van der Waals surface area contributed by atoms with E-state index >= 15 is 0 Å². The summed E-state index contributed by atoms with van der Waals surface area (Å²) >= 11 is 0. The first-order valence-corrected chi connectivity index (χ1v) is 7.70. The van der Waals surface area contributed by atoms with Crippen LogP contribution in [0.4, 0.5) is 0 Å². The molecule has 1 aromatic heterocycles. The Morgan fingerprint density at radius 1 is 1.39 bits per heavy atom. The smallest absolute Gasteiger partial charge is 0.292 e. The van der Waals surface area contributed by atoms with Crippen molar-refractivity contribution in [2.75, 3.05) is 26.7 Å². The quantitative estimate of drug-likeness (QED) is 0.939. The average molecular weight is 315 g/mol. The van der Waals surface area contributed by atoms with Crippen molar-refractivity contribution in [3.63, 3.8) is 0 Å². The molecule has 0 radical (unpaired) electrons. The van der Waals surface area contributed by atoms with Crippen LogP contribution in [0.25, 0.3) is 0 Å². The van der Waals surface area contributed by atoms with Gasteiger partial charge in [0.2, 0.25) is 5.76 Å². The van der Waals surface area contributed by atoms with Gasteiger partial charge in [-0.25, -0.2) is 4.98 Å². The second-order valence-electron chi connectivity index (χ2n) is 5.61. The fourth-order valence-electron chi connectivity index (χ4n) is 3.03. The highest BCUT2D eigenvalue weighted by molar-refractivity contribution is 5.93. The van der Waals surface area contributed by atoms with Crippen LogP contribution < -0.4 is 10.1 Å². The van der Waals surface area contributed by atoms with Gasteiger partial charge in [-0.15, -0.1) is 0 Å². The number of benzene rings is 1. The lowest BCUT2D eigenvalue weighted by Gasteiger charge is -2.36. The molecule has 3 rings (SSSR count). The number of nitrogens with one attached hydrogen (secondary N) is 1. The molecule has 0 bridgehead atoms. The summed E-state index contributed by atoms with van der Waals surface area (Å²) in [5.74, 6) is 1.49. The first-order chi connectivity index (χ1) is 11.1. The second kappa shape index (κ2) is 6.42. The SMILES string of the molecule is COc1ccccc1C1CNCCN1C(=O)c1oc(C)nc1C. The number of amides is 1. The maximum Gasteiger partial charge on any atom is 0.292 e. The van der Waals surface area contributed by atoms with E-state index in [0.29, 0.717) is 30.4 Å². The van der Waals surface area contributed by atoms with E-state index in [1.807, 2.05) is 29.2 Å². The molecule has 0 spiro atoms. The number of aromatic nitrogens is 1. The molecule has 1 unspecified atom stereocenters. The molecular weight excluding hydrogens is 294 g/mol. The van der Waals surface area contributed by atoms with Gasteiger partial charge in [-0.05, 0) is 13.0 Å². The van der Waals surface area contributed by atoms with E-state index in [-0.39, 0.29) is 11.9 Å². The summed E-state index contributed by atoms with van der Waals surface area (Å²) in [5, 5.41) is 3.35. The van der Waals surface area contributed by atoms with E-state index in [1.165, 1.54) is 0 Å². The second-order valence-corrected chi connectivity index (χ2v) is 5.61. The number of hydrogen-bond acceptors (Lipinski definition) is 5. The van der Waals surface area contributed by atoms with Crippen molar-refractivity contribution in [2.45, 2.75) is 19.9 Å². The molecule has 0 saturated carbocycles. The van der Waals surface area contributed by atoms with E-state index < -0.39 is 0 Å². The normalized spacial score (nSPS) is 18.0. The number of hydrogen-bond donors (Lipinski definition) is 1. The number of oxazole rings is 1. The monoisotopic (exact) mass is 315 g/mol. The predicted octanol–water partition coefficient (Wildman–Crippen LogP) is 2.09. The number of para-hydroxylation sites is 1. The topological polar surface area (TPSA) is 67.6 Å². The molecule has 6 heteroatoms. The molecule has 0 aliphatic carbocycles. The van der Waals surface area contributed by atoms with Crippen LogP contribution >= 0.6 is 0 Å². The molecule has 2 aromatic rings. The average Bonchev–Trinajstić information content (AvgIpc) is 2.92. The number of carbonyl (C=O) groups is 1. The van der Waals surface area contributed by atoms with Gasteiger partial charge in [-0.2, -0.15) is 0 Å². The summed E-state index contributed by atoms with van der Waals surface area (Å²) in [6.45, 7) is 5.59. The lowest BCUT2D eigenvalue weighted by Crippen LogP contribution is -2.48. The number of rotatable bonds is 3. The molecule has 2 heterocycles. The van der Waals surface area contributed by atoms with Gasteiger partial charge in [0.05, 0.1) is 18.8 Å². The number of nitrogens with zero attached hydrogens (tertiary/aromatic N) is 2. The van der Waals surface area contributed by atoms with Crippen LogP contribution in [0.15, 0.2) is 28.7 Å². The van der Waals surface area contributed by atoms with Crippen molar-refractivity contribution in [2.24, 2.45) is 0 Å². The Kier molecular flexibility index (Phi) is 4.34. The Morgan fingerprint density at radius 2 is 2.17 bits per heavy atom. The van der Waals surface area contributed by atoms with Crippen LogP contribution in [0.2, 0.25) is 0 Å². The van der Waals surface area contributed by atoms with Crippen LogP contribution in [0.3, 0.4) is 0 Å². The van der Waals surface area contributed by atoms with Crippen molar-refractivity contribution in [1.82, 2.24) is 15.2 Å². The third-order valence-corrected chi connectivity index (χ3v) is 4.10. The number of ether oxygens (including phenoxy) is 1. The van der Waals surface area contributed by atoms with Gasteiger partial charge in [-0.3, -0.25) is 4.79 Å². The Morgan fingerprint density at radius 3 is 2.87 bits per heavy atom. The zero-order valence-corrected chi connectivity index (χ0v) is 13.6. The van der Waals surface area contributed by atoms with Crippen LogP contribution in [-0.4, -0.2) is 42.5 Å². The van der Waals surface area contributed by atoms with Crippen LogP contribution in [-0.2, 0) is 0 Å². The van der Waals surface area contributed by atoms with Crippen molar-refractivity contribution in [3.8, 4) is 5.75 Å². The van der Waals surface area contributed by atoms with Gasteiger partial charge in [-0.1, -0.05) is 18.2 Å². The predicted molar refractivity (Wildman–Crippen MR) is 85.6 cm³/mol. The molecule has 1 amide bonds. The van der Waals surface area contributed by atoms with Gasteiger partial charge in [0.15, 0.2) is 5.89 Å². The molecule has 1 N–H and O–H groups in total. The third kappa shape index (κ3) is 2.94. The van der Waals surface area contributed by atoms with E-state index in [4.69, 9.17) is 9.15 Å². The molecule has 1 aliphatic heterocycles. The summed E-state index contributed by atoms with van der Waals surface area (Å²) in [5.41, 5.74) is 1.62. The maximum absolute atomic E-state index is 12.9. The fourth-order valence-corrected chi connectivity index (χ4v) is 3.03. The minimum atomic E-state index is -0.125. The fraction of sp³-hybridized carbons (Fsp3) is 0.412. The molecule has 1 fully saturated rings. The van der Waals surface area contributed by atoms with Gasteiger partial charge in [0.1, 0.15) is 5.75 Å². The number of carbonyl (C=O) groups excluding carboxylic acids is 1. The lowest BCUT2D eigenvalue weighted by molar-refractivity contribution is 0.0596. The van der Waals surface area contributed by atoms with Crippen molar-refractivity contribution in [1.29, 1.82) is 0 Å². The minimum Gasteiger partial charge on any atom is -0.496 e. The number of piperazine rings is 1. The van der Waals surface area contributed by atoms with Crippen LogP contribution in [0.1, 0.15) is 33.7 Å². The van der Waals surface area contributed by atoms with Crippen LogP contribution in [0, 0.1) is 13.8 Å². The van der Waals surface area contributed by atoms with Crippen molar-refractivity contribution in [3.05, 3.63) is 47.2 Å². The summed E-state index contributed by atoms with van der Waals surface area (Å²) in [6, 6.07) is 7.69. The first kappa shape index (κ1) is 15.6. The summed E-state index contributed by atoms with van der Waals surface area (Å²) in [6.07, 6.45) is 0. The van der Waals surface area contributed by atoms with E-state index in [1.54, 1.807) is 21.0 Å². The Balaban J connectivity index is 1.96. The zero-order valence-electron chi connectivity index (χ0n) is 13.6. The molecule has 122 valence electrons. The van der Waals surface area contributed by atoms with Gasteiger partial charge < -0.3 is 19.4 Å². The lowest BCUT2D eigenvalue weighted by atomic mass is 10.0. The van der Waals surface area contributed by atoms with E-state index in [0.717, 1.165) is 17.9 Å². The Labute approximate surface area is 135 Å². The highest BCUT2D eigenvalue weighted by Gasteiger charge is 2.33. The first-order valence-electron chi connectivity index (χ1n) is 7.70. The van der Waals surface area contributed by atoms with E-state index in [2.05, 4.69) is 10.3 Å². The molecule has 23 heavy (non-hydrogen) atoms. The Hall–Kier alpha value is -2.34. The van der Waals surface area contributed by atoms with Gasteiger partial charge in [0.25, 0.3) is 5.91 Å². The molecule has 1 aromatic carbocycles. The van der Waals surface area contributed by atoms with Crippen molar-refractivity contribution < 1.29 is 13.9 Å². The van der Waals surface area contributed by atoms with Gasteiger partial charge >= 0.3 is 0 Å².